The summed E-state index contributed by atoms with van der Waals surface area (Å²) in [6.45, 7) is 0.0725. The van der Waals surface area contributed by atoms with Crippen molar-refractivity contribution in [3.63, 3.8) is 0 Å². The number of aliphatic hydroxyl groups excluding tert-OH is 1. The van der Waals surface area contributed by atoms with Gasteiger partial charge < -0.3 is 10.0 Å². The van der Waals surface area contributed by atoms with Gasteiger partial charge in [-0.1, -0.05) is 17.7 Å². The van der Waals surface area contributed by atoms with Gasteiger partial charge in [0.25, 0.3) is 5.91 Å². The molecule has 2 unspecified atom stereocenters. The molecule has 2 heterocycles. The summed E-state index contributed by atoms with van der Waals surface area (Å²) in [5.74, 6) is -2.92. The first kappa shape index (κ1) is 26.6. The number of piperidine rings is 1. The van der Waals surface area contributed by atoms with Crippen LogP contribution < -0.4 is 5.32 Å². The maximum atomic E-state index is 13.2. The van der Waals surface area contributed by atoms with Crippen molar-refractivity contribution < 1.29 is 37.5 Å². The lowest BCUT2D eigenvalue weighted by atomic mass is 9.82. The summed E-state index contributed by atoms with van der Waals surface area (Å²) in [5.41, 5.74) is 0.353. The summed E-state index contributed by atoms with van der Waals surface area (Å²) >= 11 is 6.13. The minimum atomic E-state index is -4.58. The zero-order valence-electron chi connectivity index (χ0n) is 20.2. The Balaban J connectivity index is 1.38. The molecule has 0 aromatic heterocycles. The molecule has 3 amide bonds. The van der Waals surface area contributed by atoms with Crippen LogP contribution in [-0.2, 0) is 27.1 Å². The largest absolute Gasteiger partial charge is 0.511 e. The Bertz CT molecular complexity index is 1480. The number of amides is 3. The van der Waals surface area contributed by atoms with E-state index in [9.17, 15) is 37.5 Å². The third kappa shape index (κ3) is 5.06. The maximum Gasteiger partial charge on any atom is 0.416 e. The van der Waals surface area contributed by atoms with E-state index in [1.807, 2.05) is 0 Å². The molecule has 3 aliphatic rings. The number of alkyl halides is 3. The van der Waals surface area contributed by atoms with Crippen LogP contribution in [0.5, 0.6) is 0 Å². The molecule has 0 radical (unpaired) electrons. The SMILES string of the molecule is O=C1CCC(N2Cc3c(N=CC4=C(O)CC(c5cc(C(F)(F)F)ccc5Cl)CC4=O)cccc3C2=O)C(=O)N1. The third-order valence-electron chi connectivity index (χ3n) is 7.14. The predicted molar refractivity (Wildman–Crippen MR) is 134 cm³/mol. The number of carbonyl (C=O) groups is 4. The van der Waals surface area contributed by atoms with Crippen molar-refractivity contribution in [1.82, 2.24) is 10.2 Å². The summed E-state index contributed by atoms with van der Waals surface area (Å²) in [4.78, 5) is 55.4. The molecule has 0 spiro atoms. The molecule has 1 aliphatic carbocycles. The van der Waals surface area contributed by atoms with Crippen molar-refractivity contribution in [2.45, 2.75) is 50.4 Å². The average molecular weight is 560 g/mol. The Kier molecular flexibility index (Phi) is 6.79. The number of fused-ring (bicyclic) bond motifs is 1. The van der Waals surface area contributed by atoms with Crippen molar-refractivity contribution in [1.29, 1.82) is 0 Å². The van der Waals surface area contributed by atoms with Gasteiger partial charge in [0.2, 0.25) is 11.8 Å². The summed E-state index contributed by atoms with van der Waals surface area (Å²) in [6.07, 6.45) is -3.38. The number of nitrogens with one attached hydrogen (secondary N) is 1. The van der Waals surface area contributed by atoms with Crippen LogP contribution in [0.25, 0.3) is 0 Å². The lowest BCUT2D eigenvalue weighted by molar-refractivity contribution is -0.138. The molecule has 1 fully saturated rings. The number of benzene rings is 2. The second kappa shape index (κ2) is 9.96. The Labute approximate surface area is 225 Å². The number of rotatable bonds is 4. The highest BCUT2D eigenvalue weighted by molar-refractivity contribution is 6.31. The molecule has 12 heteroatoms. The van der Waals surface area contributed by atoms with Gasteiger partial charge in [0.1, 0.15) is 11.8 Å². The first-order chi connectivity index (χ1) is 18.4. The monoisotopic (exact) mass is 559 g/mol. The number of ketones is 1. The second-order valence-corrected chi connectivity index (χ2v) is 9.99. The number of nitrogens with zero attached hydrogens (tertiary/aromatic N) is 2. The topological polar surface area (TPSA) is 116 Å². The molecule has 2 atom stereocenters. The minimum absolute atomic E-state index is 0.0656. The number of hydrogen-bond acceptors (Lipinski definition) is 6. The van der Waals surface area contributed by atoms with Crippen LogP contribution in [0.3, 0.4) is 0 Å². The number of Topliss-reactive ketones (excluding diaryl/α,β-unsaturated/α-hetero) is 1. The van der Waals surface area contributed by atoms with E-state index in [-0.39, 0.29) is 60.1 Å². The van der Waals surface area contributed by atoms with E-state index in [4.69, 9.17) is 11.6 Å². The molecule has 0 bridgehead atoms. The van der Waals surface area contributed by atoms with E-state index in [0.29, 0.717) is 16.8 Å². The highest BCUT2D eigenvalue weighted by atomic mass is 35.5. The van der Waals surface area contributed by atoms with Crippen LogP contribution >= 0.6 is 11.6 Å². The van der Waals surface area contributed by atoms with Crippen LogP contribution in [0, 0.1) is 0 Å². The number of imide groups is 1. The molecular formula is C27H21ClF3N3O5. The number of aliphatic hydroxyl groups is 1. The molecule has 5 rings (SSSR count). The summed E-state index contributed by atoms with van der Waals surface area (Å²) in [5, 5.41) is 12.9. The first-order valence-electron chi connectivity index (χ1n) is 12.1. The molecule has 39 heavy (non-hydrogen) atoms. The zero-order valence-corrected chi connectivity index (χ0v) is 21.0. The molecule has 2 aromatic rings. The number of aliphatic imine (C=N–C) groups is 1. The molecule has 2 N–H and O–H groups in total. The summed E-state index contributed by atoms with van der Waals surface area (Å²) in [6, 6.07) is 6.88. The lowest BCUT2D eigenvalue weighted by Crippen LogP contribution is -2.52. The molecule has 0 saturated carbocycles. The first-order valence-corrected chi connectivity index (χ1v) is 12.4. The number of halogens is 4. The molecular weight excluding hydrogens is 539 g/mol. The smallest absolute Gasteiger partial charge is 0.416 e. The minimum Gasteiger partial charge on any atom is -0.511 e. The number of carbonyl (C=O) groups excluding carboxylic acids is 4. The Hall–Kier alpha value is -3.99. The van der Waals surface area contributed by atoms with Crippen molar-refractivity contribution in [2.24, 2.45) is 4.99 Å². The number of hydrogen-bond donors (Lipinski definition) is 2. The fourth-order valence-electron chi connectivity index (χ4n) is 5.13. The highest BCUT2D eigenvalue weighted by Gasteiger charge is 2.40. The molecule has 1 saturated heterocycles. The standard InChI is InChI=1S/C27H21ClF3N3O5/c28-19-5-4-14(27(29,30)31)10-16(19)13-8-22(35)17(23(36)9-13)11-32-20-3-1-2-15-18(20)12-34(26(15)39)21-6-7-24(37)33-25(21)38/h1-5,10-11,13,21,35H,6-9,12H2,(H,33,37,38). The zero-order chi connectivity index (χ0) is 28.1. The van der Waals surface area contributed by atoms with Crippen molar-refractivity contribution in [3.05, 3.63) is 75.0 Å². The second-order valence-electron chi connectivity index (χ2n) is 9.58. The quantitative estimate of drug-likeness (QED) is 0.413. The predicted octanol–water partition coefficient (Wildman–Crippen LogP) is 4.78. The maximum absolute atomic E-state index is 13.2. The highest BCUT2D eigenvalue weighted by Crippen LogP contribution is 2.40. The normalized spacial score (nSPS) is 22.1. The van der Waals surface area contributed by atoms with Gasteiger partial charge in [-0.2, -0.15) is 13.2 Å². The van der Waals surface area contributed by atoms with Gasteiger partial charge in [-0.15, -0.1) is 0 Å². The van der Waals surface area contributed by atoms with Crippen LogP contribution in [0.4, 0.5) is 18.9 Å². The fourth-order valence-corrected chi connectivity index (χ4v) is 5.41. The van der Waals surface area contributed by atoms with Crippen LogP contribution in [0.2, 0.25) is 5.02 Å². The van der Waals surface area contributed by atoms with Crippen molar-refractivity contribution in [3.8, 4) is 0 Å². The summed E-state index contributed by atoms with van der Waals surface area (Å²) < 4.78 is 39.6. The number of allylic oxidation sites excluding steroid dienone is 2. The van der Waals surface area contributed by atoms with Gasteiger partial charge >= 0.3 is 6.18 Å². The van der Waals surface area contributed by atoms with Gasteiger partial charge in [0.15, 0.2) is 5.78 Å². The summed E-state index contributed by atoms with van der Waals surface area (Å²) in [7, 11) is 0. The van der Waals surface area contributed by atoms with Gasteiger partial charge in [-0.05, 0) is 48.2 Å². The van der Waals surface area contributed by atoms with Gasteiger partial charge in [-0.3, -0.25) is 29.5 Å². The molecule has 2 aromatic carbocycles. The molecule has 202 valence electrons. The van der Waals surface area contributed by atoms with Crippen LogP contribution in [0.15, 0.2) is 52.7 Å². The van der Waals surface area contributed by atoms with Crippen LogP contribution in [-0.4, -0.2) is 45.8 Å². The Morgan fingerprint density at radius 2 is 1.87 bits per heavy atom. The average Bonchev–Trinajstić information content (AvgIpc) is 3.20. The fraction of sp³-hybridized carbons (Fsp3) is 0.296. The van der Waals surface area contributed by atoms with Gasteiger partial charge in [0, 0.05) is 48.2 Å². The lowest BCUT2D eigenvalue weighted by Gasteiger charge is -2.29. The molecule has 2 aliphatic heterocycles. The van der Waals surface area contributed by atoms with Crippen LogP contribution in [0.1, 0.15) is 58.6 Å². The van der Waals surface area contributed by atoms with Gasteiger partial charge in [-0.25, -0.2) is 0 Å². The Morgan fingerprint density at radius 1 is 1.10 bits per heavy atom. The molecule has 8 nitrogen and oxygen atoms in total. The van der Waals surface area contributed by atoms with E-state index in [1.165, 1.54) is 11.1 Å². The third-order valence-corrected chi connectivity index (χ3v) is 7.48. The Morgan fingerprint density at radius 3 is 2.56 bits per heavy atom. The van der Waals surface area contributed by atoms with E-state index in [0.717, 1.165) is 18.2 Å². The van der Waals surface area contributed by atoms with Gasteiger partial charge in [0.05, 0.1) is 16.8 Å². The van der Waals surface area contributed by atoms with E-state index in [2.05, 4.69) is 10.3 Å². The van der Waals surface area contributed by atoms with E-state index in [1.54, 1.807) is 18.2 Å². The van der Waals surface area contributed by atoms with E-state index >= 15 is 0 Å². The van der Waals surface area contributed by atoms with Crippen molar-refractivity contribution >= 4 is 47.0 Å². The van der Waals surface area contributed by atoms with Crippen molar-refractivity contribution in [2.75, 3.05) is 0 Å². The van der Waals surface area contributed by atoms with E-state index < -0.39 is 41.3 Å².